The highest BCUT2D eigenvalue weighted by Gasteiger charge is 2.13. The number of benzene rings is 2. The van der Waals surface area contributed by atoms with Crippen LogP contribution in [0.5, 0.6) is 5.75 Å². The van der Waals surface area contributed by atoms with Crippen molar-refractivity contribution in [3.05, 3.63) is 65.5 Å². The molecular formula is C16H18FNO. The molecule has 0 fully saturated rings. The van der Waals surface area contributed by atoms with Crippen molar-refractivity contribution in [1.29, 1.82) is 0 Å². The van der Waals surface area contributed by atoms with Gasteiger partial charge in [0.15, 0.2) is 11.6 Å². The molecule has 19 heavy (non-hydrogen) atoms. The molecule has 1 atom stereocenters. The molecule has 0 amide bonds. The Labute approximate surface area is 113 Å². The normalized spacial score (nSPS) is 12.2. The summed E-state index contributed by atoms with van der Waals surface area (Å²) in [5, 5.41) is 3.20. The van der Waals surface area contributed by atoms with Crippen LogP contribution in [0.25, 0.3) is 0 Å². The molecule has 1 N–H and O–H groups in total. The van der Waals surface area contributed by atoms with Gasteiger partial charge < -0.3 is 10.1 Å². The second-order valence-corrected chi connectivity index (χ2v) is 4.44. The molecule has 0 spiro atoms. The van der Waals surface area contributed by atoms with Crippen LogP contribution in [0.2, 0.25) is 0 Å². The summed E-state index contributed by atoms with van der Waals surface area (Å²) < 4.78 is 19.0. The molecule has 2 nitrogen and oxygen atoms in total. The summed E-state index contributed by atoms with van der Waals surface area (Å²) in [5.41, 5.74) is 2.36. The first-order valence-corrected chi connectivity index (χ1v) is 6.32. The third-order valence-electron chi connectivity index (χ3n) is 3.15. The van der Waals surface area contributed by atoms with Crippen LogP contribution < -0.4 is 10.1 Å². The molecule has 0 saturated heterocycles. The van der Waals surface area contributed by atoms with Gasteiger partial charge >= 0.3 is 0 Å². The molecule has 1 unspecified atom stereocenters. The molecule has 0 aromatic heterocycles. The van der Waals surface area contributed by atoms with Crippen molar-refractivity contribution in [2.45, 2.75) is 13.0 Å². The van der Waals surface area contributed by atoms with E-state index in [9.17, 15) is 4.39 Å². The second kappa shape index (κ2) is 6.34. The highest BCUT2D eigenvalue weighted by atomic mass is 19.1. The van der Waals surface area contributed by atoms with Gasteiger partial charge in [0, 0.05) is 0 Å². The Balaban J connectivity index is 2.09. The van der Waals surface area contributed by atoms with E-state index in [0.717, 1.165) is 0 Å². The van der Waals surface area contributed by atoms with Crippen LogP contribution in [-0.4, -0.2) is 13.7 Å². The molecule has 0 saturated carbocycles. The first-order valence-electron chi connectivity index (χ1n) is 6.32. The summed E-state index contributed by atoms with van der Waals surface area (Å²) in [6.07, 6.45) is 0. The lowest BCUT2D eigenvalue weighted by Gasteiger charge is -2.19. The number of likely N-dealkylation sites (N-methyl/N-ethyl adjacent to an activating group) is 1. The Morgan fingerprint density at radius 2 is 1.79 bits per heavy atom. The standard InChI is InChI=1S/C16H18FNO/c1-12-7-3-4-8-13(12)15(18-2)11-19-16-10-6-5-9-14(16)17/h3-10,15,18H,11H2,1-2H3. The van der Waals surface area contributed by atoms with E-state index in [-0.39, 0.29) is 17.6 Å². The van der Waals surface area contributed by atoms with Crippen molar-refractivity contribution in [3.63, 3.8) is 0 Å². The van der Waals surface area contributed by atoms with E-state index in [1.54, 1.807) is 18.2 Å². The van der Waals surface area contributed by atoms with Crippen LogP contribution in [-0.2, 0) is 0 Å². The van der Waals surface area contributed by atoms with Crippen LogP contribution in [0, 0.1) is 12.7 Å². The zero-order valence-corrected chi connectivity index (χ0v) is 11.2. The highest BCUT2D eigenvalue weighted by molar-refractivity contribution is 5.29. The molecule has 0 aliphatic carbocycles. The lowest BCUT2D eigenvalue weighted by molar-refractivity contribution is 0.261. The minimum absolute atomic E-state index is 0.0424. The SMILES string of the molecule is CNC(COc1ccccc1F)c1ccccc1C. The lowest BCUT2D eigenvalue weighted by atomic mass is 10.0. The van der Waals surface area contributed by atoms with E-state index in [4.69, 9.17) is 4.74 Å². The van der Waals surface area contributed by atoms with Crippen molar-refractivity contribution in [1.82, 2.24) is 5.32 Å². The second-order valence-electron chi connectivity index (χ2n) is 4.44. The monoisotopic (exact) mass is 259 g/mol. The maximum atomic E-state index is 13.5. The summed E-state index contributed by atoms with van der Waals surface area (Å²) in [6, 6.07) is 14.6. The van der Waals surface area contributed by atoms with E-state index >= 15 is 0 Å². The molecule has 3 heteroatoms. The van der Waals surface area contributed by atoms with E-state index in [1.807, 2.05) is 19.2 Å². The highest BCUT2D eigenvalue weighted by Crippen LogP contribution is 2.20. The topological polar surface area (TPSA) is 21.3 Å². The van der Waals surface area contributed by atoms with Crippen LogP contribution in [0.4, 0.5) is 4.39 Å². The number of hydrogen-bond acceptors (Lipinski definition) is 2. The number of aryl methyl sites for hydroxylation is 1. The van der Waals surface area contributed by atoms with E-state index < -0.39 is 0 Å². The fourth-order valence-electron chi connectivity index (χ4n) is 2.04. The number of ether oxygens (including phenoxy) is 1. The molecule has 2 aromatic carbocycles. The Kier molecular flexibility index (Phi) is 4.53. The number of hydrogen-bond donors (Lipinski definition) is 1. The van der Waals surface area contributed by atoms with Gasteiger partial charge in [-0.25, -0.2) is 4.39 Å². The molecule has 0 radical (unpaired) electrons. The van der Waals surface area contributed by atoms with E-state index in [1.165, 1.54) is 17.2 Å². The van der Waals surface area contributed by atoms with Gasteiger partial charge in [-0.3, -0.25) is 0 Å². The van der Waals surface area contributed by atoms with Crippen molar-refractivity contribution in [3.8, 4) is 5.75 Å². The first-order chi connectivity index (χ1) is 9.22. The summed E-state index contributed by atoms with van der Waals surface area (Å²) in [6.45, 7) is 2.45. The van der Waals surface area contributed by atoms with Crippen LogP contribution >= 0.6 is 0 Å². The Morgan fingerprint density at radius 3 is 2.47 bits per heavy atom. The Morgan fingerprint density at radius 1 is 1.11 bits per heavy atom. The quantitative estimate of drug-likeness (QED) is 0.887. The molecule has 0 aliphatic heterocycles. The van der Waals surface area contributed by atoms with Gasteiger partial charge in [0.2, 0.25) is 0 Å². The van der Waals surface area contributed by atoms with Gasteiger partial charge in [0.05, 0.1) is 6.04 Å². The number of rotatable bonds is 5. The van der Waals surface area contributed by atoms with Crippen molar-refractivity contribution in [2.75, 3.05) is 13.7 Å². The average Bonchev–Trinajstić information content (AvgIpc) is 2.43. The maximum absolute atomic E-state index is 13.5. The van der Waals surface area contributed by atoms with Crippen molar-refractivity contribution in [2.24, 2.45) is 0 Å². The molecule has 0 heterocycles. The fraction of sp³-hybridized carbons (Fsp3) is 0.250. The zero-order valence-electron chi connectivity index (χ0n) is 11.2. The number of nitrogens with one attached hydrogen (secondary N) is 1. The molecular weight excluding hydrogens is 241 g/mol. The maximum Gasteiger partial charge on any atom is 0.165 e. The predicted molar refractivity (Wildman–Crippen MR) is 74.9 cm³/mol. The summed E-state index contributed by atoms with van der Waals surface area (Å²) in [7, 11) is 1.88. The fourth-order valence-corrected chi connectivity index (χ4v) is 2.04. The first kappa shape index (κ1) is 13.6. The molecule has 2 rings (SSSR count). The molecule has 0 bridgehead atoms. The summed E-state index contributed by atoms with van der Waals surface area (Å²) in [4.78, 5) is 0. The van der Waals surface area contributed by atoms with E-state index in [2.05, 4.69) is 24.4 Å². The molecule has 100 valence electrons. The minimum Gasteiger partial charge on any atom is -0.489 e. The number of halogens is 1. The van der Waals surface area contributed by atoms with Gasteiger partial charge in [-0.2, -0.15) is 0 Å². The summed E-state index contributed by atoms with van der Waals surface area (Å²) >= 11 is 0. The molecule has 0 aliphatic rings. The third-order valence-corrected chi connectivity index (χ3v) is 3.15. The van der Waals surface area contributed by atoms with Gasteiger partial charge in [0.25, 0.3) is 0 Å². The number of para-hydroxylation sites is 1. The average molecular weight is 259 g/mol. The van der Waals surface area contributed by atoms with Crippen LogP contribution in [0.3, 0.4) is 0 Å². The largest absolute Gasteiger partial charge is 0.489 e. The predicted octanol–water partition coefficient (Wildman–Crippen LogP) is 3.47. The van der Waals surface area contributed by atoms with Gasteiger partial charge in [-0.05, 0) is 37.2 Å². The zero-order chi connectivity index (χ0) is 13.7. The lowest BCUT2D eigenvalue weighted by Crippen LogP contribution is -2.24. The Bertz CT molecular complexity index is 542. The Hall–Kier alpha value is -1.87. The van der Waals surface area contributed by atoms with Crippen molar-refractivity contribution < 1.29 is 9.13 Å². The van der Waals surface area contributed by atoms with Crippen LogP contribution in [0.15, 0.2) is 48.5 Å². The molecule has 2 aromatic rings. The summed E-state index contributed by atoms with van der Waals surface area (Å²) in [5.74, 6) is -0.0431. The van der Waals surface area contributed by atoms with Gasteiger partial charge in [-0.1, -0.05) is 36.4 Å². The van der Waals surface area contributed by atoms with Crippen LogP contribution in [0.1, 0.15) is 17.2 Å². The minimum atomic E-state index is -0.331. The smallest absolute Gasteiger partial charge is 0.165 e. The van der Waals surface area contributed by atoms with E-state index in [0.29, 0.717) is 6.61 Å². The van der Waals surface area contributed by atoms with Gasteiger partial charge in [0.1, 0.15) is 6.61 Å². The van der Waals surface area contributed by atoms with Crippen molar-refractivity contribution >= 4 is 0 Å². The third kappa shape index (κ3) is 3.32. The van der Waals surface area contributed by atoms with Gasteiger partial charge in [-0.15, -0.1) is 0 Å².